The van der Waals surface area contributed by atoms with Crippen LogP contribution in [0.1, 0.15) is 31.2 Å². The van der Waals surface area contributed by atoms with Gasteiger partial charge < -0.3 is 10.1 Å². The number of amides is 1. The molecule has 6 nitrogen and oxygen atoms in total. The van der Waals surface area contributed by atoms with Gasteiger partial charge in [-0.2, -0.15) is 0 Å². The van der Waals surface area contributed by atoms with E-state index in [2.05, 4.69) is 10.0 Å². The highest BCUT2D eigenvalue weighted by Crippen LogP contribution is 2.48. The molecule has 28 heavy (non-hydrogen) atoms. The molecule has 1 unspecified atom stereocenters. The molecule has 1 saturated heterocycles. The predicted molar refractivity (Wildman–Crippen MR) is 107 cm³/mol. The van der Waals surface area contributed by atoms with Gasteiger partial charge in [-0.15, -0.1) is 0 Å². The van der Waals surface area contributed by atoms with Crippen molar-refractivity contribution in [2.45, 2.75) is 42.1 Å². The molecule has 148 valence electrons. The molecular weight excluding hydrogens is 376 g/mol. The summed E-state index contributed by atoms with van der Waals surface area (Å²) in [5.74, 6) is 0.0283. The second kappa shape index (κ2) is 7.56. The zero-order valence-electron chi connectivity index (χ0n) is 15.6. The van der Waals surface area contributed by atoms with Gasteiger partial charge in [-0.25, -0.2) is 8.42 Å². The number of ether oxygens (including phenoxy) is 1. The van der Waals surface area contributed by atoms with E-state index in [-0.39, 0.29) is 16.9 Å². The Morgan fingerprint density at radius 3 is 2.39 bits per heavy atom. The quantitative estimate of drug-likeness (QED) is 0.749. The number of rotatable bonds is 7. The van der Waals surface area contributed by atoms with Crippen molar-refractivity contribution in [3.8, 4) is 0 Å². The third-order valence-electron chi connectivity index (χ3n) is 5.44. The van der Waals surface area contributed by atoms with Crippen molar-refractivity contribution in [3.05, 3.63) is 60.2 Å². The lowest BCUT2D eigenvalue weighted by Crippen LogP contribution is -2.39. The highest BCUT2D eigenvalue weighted by Gasteiger charge is 2.51. The molecule has 1 amide bonds. The van der Waals surface area contributed by atoms with Gasteiger partial charge in [-0.3, -0.25) is 9.52 Å². The molecule has 1 saturated carbocycles. The predicted octanol–water partition coefficient (Wildman–Crippen LogP) is 2.81. The molecule has 1 aliphatic carbocycles. The molecule has 1 heterocycles. The Morgan fingerprint density at radius 2 is 1.79 bits per heavy atom. The highest BCUT2D eigenvalue weighted by atomic mass is 32.2. The second-order valence-electron chi connectivity index (χ2n) is 7.42. The summed E-state index contributed by atoms with van der Waals surface area (Å²) in [4.78, 5) is 12.9. The van der Waals surface area contributed by atoms with Crippen molar-refractivity contribution in [2.24, 2.45) is 0 Å². The van der Waals surface area contributed by atoms with Crippen LogP contribution >= 0.6 is 0 Å². The molecule has 2 aromatic carbocycles. The van der Waals surface area contributed by atoms with E-state index >= 15 is 0 Å². The number of benzene rings is 2. The fourth-order valence-electron chi connectivity index (χ4n) is 3.62. The van der Waals surface area contributed by atoms with Crippen molar-refractivity contribution in [3.63, 3.8) is 0 Å². The first kappa shape index (κ1) is 19.0. The Morgan fingerprint density at radius 1 is 1.07 bits per heavy atom. The van der Waals surface area contributed by atoms with Crippen molar-refractivity contribution < 1.29 is 17.9 Å². The summed E-state index contributed by atoms with van der Waals surface area (Å²) in [6.45, 7) is 1.32. The number of nitrogens with one attached hydrogen (secondary N) is 2. The first-order chi connectivity index (χ1) is 13.5. The standard InChI is InChI=1S/C21H24N2O4S/c24-20(22-15-18-5-4-14-27-18)21(12-13-21)16-8-10-17(11-9-16)23-28(25,26)19-6-2-1-3-7-19/h1-3,6-11,18,23H,4-5,12-15H2,(H,22,24). The fraction of sp³-hybridized carbons (Fsp3) is 0.381. The van der Waals surface area contributed by atoms with E-state index in [1.54, 1.807) is 42.5 Å². The van der Waals surface area contributed by atoms with E-state index in [0.717, 1.165) is 37.9 Å². The Kier molecular flexibility index (Phi) is 5.12. The summed E-state index contributed by atoms with van der Waals surface area (Å²) in [7, 11) is -3.62. The number of sulfonamides is 1. The number of hydrogen-bond acceptors (Lipinski definition) is 4. The van der Waals surface area contributed by atoms with Crippen molar-refractivity contribution >= 4 is 21.6 Å². The van der Waals surface area contributed by atoms with Crippen LogP contribution in [0.5, 0.6) is 0 Å². The zero-order valence-corrected chi connectivity index (χ0v) is 16.4. The Balaban J connectivity index is 1.42. The SMILES string of the molecule is O=C(NCC1CCCO1)C1(c2ccc(NS(=O)(=O)c3ccccc3)cc2)CC1. The average Bonchev–Trinajstić information content (AvgIpc) is 3.35. The Hall–Kier alpha value is -2.38. The van der Waals surface area contributed by atoms with Crippen LogP contribution < -0.4 is 10.0 Å². The molecule has 2 aromatic rings. The maximum absolute atomic E-state index is 12.7. The lowest BCUT2D eigenvalue weighted by molar-refractivity contribution is -0.124. The van der Waals surface area contributed by atoms with Gasteiger partial charge in [0, 0.05) is 18.8 Å². The van der Waals surface area contributed by atoms with Gasteiger partial charge in [0.25, 0.3) is 10.0 Å². The highest BCUT2D eigenvalue weighted by molar-refractivity contribution is 7.92. The van der Waals surface area contributed by atoms with Crippen molar-refractivity contribution in [1.82, 2.24) is 5.32 Å². The summed E-state index contributed by atoms with van der Waals surface area (Å²) in [5.41, 5.74) is 0.901. The largest absolute Gasteiger partial charge is 0.376 e. The molecule has 0 radical (unpaired) electrons. The maximum Gasteiger partial charge on any atom is 0.261 e. The topological polar surface area (TPSA) is 84.5 Å². The molecule has 1 aliphatic heterocycles. The molecule has 7 heteroatoms. The molecule has 0 aromatic heterocycles. The van der Waals surface area contributed by atoms with Crippen LogP contribution in [-0.4, -0.2) is 33.6 Å². The number of hydrogen-bond donors (Lipinski definition) is 2. The van der Waals surface area contributed by atoms with Crippen LogP contribution in [0, 0.1) is 0 Å². The third-order valence-corrected chi connectivity index (χ3v) is 6.84. The lowest BCUT2D eigenvalue weighted by atomic mass is 9.94. The number of carbonyl (C=O) groups excluding carboxylic acids is 1. The van der Waals surface area contributed by atoms with E-state index < -0.39 is 15.4 Å². The molecule has 2 N–H and O–H groups in total. The van der Waals surface area contributed by atoms with E-state index in [9.17, 15) is 13.2 Å². The summed E-state index contributed by atoms with van der Waals surface area (Å²) in [5, 5.41) is 3.02. The van der Waals surface area contributed by atoms with Gasteiger partial charge in [0.15, 0.2) is 0 Å². The number of anilines is 1. The van der Waals surface area contributed by atoms with Crippen LogP contribution in [0.4, 0.5) is 5.69 Å². The monoisotopic (exact) mass is 400 g/mol. The molecule has 1 atom stereocenters. The van der Waals surface area contributed by atoms with E-state index in [0.29, 0.717) is 12.2 Å². The molecule has 2 aliphatic rings. The number of carbonyl (C=O) groups is 1. The maximum atomic E-state index is 12.7. The van der Waals surface area contributed by atoms with Gasteiger partial charge in [-0.05, 0) is 55.5 Å². The minimum Gasteiger partial charge on any atom is -0.376 e. The fourth-order valence-corrected chi connectivity index (χ4v) is 4.70. The van der Waals surface area contributed by atoms with Crippen LogP contribution in [0.2, 0.25) is 0 Å². The molecule has 2 fully saturated rings. The summed E-state index contributed by atoms with van der Waals surface area (Å²) < 4.78 is 33.0. The smallest absolute Gasteiger partial charge is 0.261 e. The zero-order chi connectivity index (χ0) is 19.6. The van der Waals surface area contributed by atoms with Crippen molar-refractivity contribution in [2.75, 3.05) is 17.9 Å². The first-order valence-electron chi connectivity index (χ1n) is 9.58. The normalized spacial score (nSPS) is 20.5. The lowest BCUT2D eigenvalue weighted by Gasteiger charge is -2.18. The van der Waals surface area contributed by atoms with Crippen molar-refractivity contribution in [1.29, 1.82) is 0 Å². The van der Waals surface area contributed by atoms with E-state index in [1.807, 2.05) is 12.1 Å². The van der Waals surface area contributed by atoms with Crippen LogP contribution in [-0.2, 0) is 25.0 Å². The minimum absolute atomic E-state index is 0.0283. The third kappa shape index (κ3) is 3.91. The Bertz CT molecular complexity index is 932. The molecule has 0 spiro atoms. The summed E-state index contributed by atoms with van der Waals surface area (Å²) in [6.07, 6.45) is 3.77. The van der Waals surface area contributed by atoms with Crippen LogP contribution in [0.15, 0.2) is 59.5 Å². The molecule has 4 rings (SSSR count). The van der Waals surface area contributed by atoms with Gasteiger partial charge in [0.05, 0.1) is 16.4 Å². The van der Waals surface area contributed by atoms with Crippen LogP contribution in [0.3, 0.4) is 0 Å². The first-order valence-corrected chi connectivity index (χ1v) is 11.1. The summed E-state index contributed by atoms with van der Waals surface area (Å²) >= 11 is 0. The molecule has 0 bridgehead atoms. The van der Waals surface area contributed by atoms with Gasteiger partial charge in [0.2, 0.25) is 5.91 Å². The van der Waals surface area contributed by atoms with Crippen LogP contribution in [0.25, 0.3) is 0 Å². The second-order valence-corrected chi connectivity index (χ2v) is 9.11. The Labute approximate surface area is 165 Å². The molecular formula is C21H24N2O4S. The van der Waals surface area contributed by atoms with E-state index in [4.69, 9.17) is 4.74 Å². The van der Waals surface area contributed by atoms with Gasteiger partial charge in [0.1, 0.15) is 0 Å². The summed E-state index contributed by atoms with van der Waals surface area (Å²) in [6, 6.07) is 15.3. The minimum atomic E-state index is -3.62. The van der Waals surface area contributed by atoms with Gasteiger partial charge in [-0.1, -0.05) is 30.3 Å². The average molecular weight is 401 g/mol. The van der Waals surface area contributed by atoms with Gasteiger partial charge >= 0.3 is 0 Å². The van der Waals surface area contributed by atoms with E-state index in [1.165, 1.54) is 0 Å².